The number of carbonyl (C=O) groups is 2. The summed E-state index contributed by atoms with van der Waals surface area (Å²) in [7, 11) is -1.85. The first-order chi connectivity index (χ1) is 13.7. The smallest absolute Gasteiger partial charge is 0.343 e. The molecule has 0 radical (unpaired) electrons. The van der Waals surface area contributed by atoms with Crippen LogP contribution in [0.3, 0.4) is 0 Å². The number of nitrogens with one attached hydrogen (secondary N) is 1. The largest absolute Gasteiger partial charge is 0.462 e. The highest BCUT2D eigenvalue weighted by molar-refractivity contribution is 7.86. The predicted octanol–water partition coefficient (Wildman–Crippen LogP) is -0.260. The molecule has 0 bridgehead atoms. The molecule has 164 valence electrons. The summed E-state index contributed by atoms with van der Waals surface area (Å²) in [5.74, 6) is -0.582. The Morgan fingerprint density at radius 3 is 2.34 bits per heavy atom. The third kappa shape index (κ3) is 5.53. The molecule has 1 aromatic heterocycles. The Bertz CT molecular complexity index is 812. The zero-order chi connectivity index (χ0) is 21.6. The van der Waals surface area contributed by atoms with Gasteiger partial charge < -0.3 is 10.1 Å². The second-order valence-electron chi connectivity index (χ2n) is 6.57. The first-order valence-electron chi connectivity index (χ1n) is 9.71. The van der Waals surface area contributed by atoms with E-state index in [9.17, 15) is 18.0 Å². The van der Waals surface area contributed by atoms with Crippen molar-refractivity contribution in [2.75, 3.05) is 57.7 Å². The molecule has 11 nitrogen and oxygen atoms in total. The molecule has 0 aromatic carbocycles. The third-order valence-electron chi connectivity index (χ3n) is 4.75. The van der Waals surface area contributed by atoms with E-state index in [1.54, 1.807) is 14.0 Å². The Morgan fingerprint density at radius 2 is 1.79 bits per heavy atom. The van der Waals surface area contributed by atoms with Crippen LogP contribution in [0, 0.1) is 0 Å². The molecule has 1 aliphatic heterocycles. The summed E-state index contributed by atoms with van der Waals surface area (Å²) in [4.78, 5) is 26.3. The molecular formula is C17H30N6O5S. The maximum absolute atomic E-state index is 12.6. The van der Waals surface area contributed by atoms with Crippen LogP contribution in [0.5, 0.6) is 0 Å². The Hall–Kier alpha value is -2.02. The lowest BCUT2D eigenvalue weighted by Crippen LogP contribution is -2.54. The Kier molecular flexibility index (Phi) is 8.14. The highest BCUT2D eigenvalue weighted by Crippen LogP contribution is 2.16. The number of amides is 1. The lowest BCUT2D eigenvalue weighted by Gasteiger charge is -2.35. The SMILES string of the molecule is CCOC(=O)c1cnn(C)c1NC(=O)CN1CCN(S(=O)(=O)N(CC)CC)CC1. The second kappa shape index (κ2) is 10.1. The molecule has 0 aliphatic carbocycles. The molecule has 1 aromatic rings. The van der Waals surface area contributed by atoms with Crippen LogP contribution in [0.4, 0.5) is 5.82 Å². The summed E-state index contributed by atoms with van der Waals surface area (Å²) in [5.41, 5.74) is 0.192. The summed E-state index contributed by atoms with van der Waals surface area (Å²) in [6, 6.07) is 0. The maximum Gasteiger partial charge on any atom is 0.343 e. The van der Waals surface area contributed by atoms with Gasteiger partial charge in [-0.3, -0.25) is 14.4 Å². The van der Waals surface area contributed by atoms with E-state index in [0.29, 0.717) is 39.3 Å². The van der Waals surface area contributed by atoms with Crippen LogP contribution in [0.15, 0.2) is 6.20 Å². The van der Waals surface area contributed by atoms with Gasteiger partial charge in [-0.2, -0.15) is 22.1 Å². The van der Waals surface area contributed by atoms with Crippen molar-refractivity contribution < 1.29 is 22.7 Å². The monoisotopic (exact) mass is 430 g/mol. The molecule has 1 fully saturated rings. The minimum absolute atomic E-state index is 0.0899. The summed E-state index contributed by atoms with van der Waals surface area (Å²) in [5, 5.41) is 6.70. The van der Waals surface area contributed by atoms with Gasteiger partial charge in [-0.05, 0) is 6.92 Å². The third-order valence-corrected chi connectivity index (χ3v) is 6.94. The number of ether oxygens (including phenoxy) is 1. The molecule has 2 rings (SSSR count). The molecule has 29 heavy (non-hydrogen) atoms. The normalized spacial score (nSPS) is 16.2. The van der Waals surface area contributed by atoms with Crippen molar-refractivity contribution in [1.82, 2.24) is 23.3 Å². The van der Waals surface area contributed by atoms with Crippen LogP contribution in [0.2, 0.25) is 0 Å². The van der Waals surface area contributed by atoms with Crippen LogP contribution in [-0.2, 0) is 26.8 Å². The van der Waals surface area contributed by atoms with E-state index >= 15 is 0 Å². The average molecular weight is 431 g/mol. The van der Waals surface area contributed by atoms with Crippen molar-refractivity contribution in [3.63, 3.8) is 0 Å². The summed E-state index contributed by atoms with van der Waals surface area (Å²) in [6.45, 7) is 8.03. The molecule has 0 spiro atoms. The molecule has 0 atom stereocenters. The number of hydrogen-bond acceptors (Lipinski definition) is 7. The standard InChI is InChI=1S/C17H30N6O5S/c1-5-22(6-2)29(26,27)23-10-8-21(9-11-23)13-15(24)19-16-14(12-18-20(16)4)17(25)28-7-3/h12H,5-11,13H2,1-4H3,(H,19,24). The van der Waals surface area contributed by atoms with Gasteiger partial charge >= 0.3 is 5.97 Å². The lowest BCUT2D eigenvalue weighted by atomic mass is 10.3. The lowest BCUT2D eigenvalue weighted by molar-refractivity contribution is -0.117. The van der Waals surface area contributed by atoms with E-state index in [4.69, 9.17) is 4.74 Å². The van der Waals surface area contributed by atoms with Gasteiger partial charge in [-0.1, -0.05) is 13.8 Å². The number of aryl methyl sites for hydroxylation is 1. The molecule has 1 saturated heterocycles. The fourth-order valence-corrected chi connectivity index (χ4v) is 4.75. The number of piperazine rings is 1. The Balaban J connectivity index is 1.93. The summed E-state index contributed by atoms with van der Waals surface area (Å²) < 4.78 is 34.4. The van der Waals surface area contributed by atoms with E-state index in [1.807, 2.05) is 18.7 Å². The zero-order valence-corrected chi connectivity index (χ0v) is 18.2. The quantitative estimate of drug-likeness (QED) is 0.536. The molecule has 1 N–H and O–H groups in total. The number of carbonyl (C=O) groups excluding carboxylic acids is 2. The number of hydrogen-bond donors (Lipinski definition) is 1. The molecular weight excluding hydrogens is 400 g/mol. The summed E-state index contributed by atoms with van der Waals surface area (Å²) >= 11 is 0. The van der Waals surface area contributed by atoms with E-state index in [2.05, 4.69) is 10.4 Å². The van der Waals surface area contributed by atoms with Crippen LogP contribution >= 0.6 is 0 Å². The minimum Gasteiger partial charge on any atom is -0.462 e. The predicted molar refractivity (Wildman–Crippen MR) is 108 cm³/mol. The molecule has 0 saturated carbocycles. The first kappa shape index (κ1) is 23.3. The van der Waals surface area contributed by atoms with Crippen molar-refractivity contribution in [2.45, 2.75) is 20.8 Å². The molecule has 1 amide bonds. The van der Waals surface area contributed by atoms with Crippen LogP contribution in [0.1, 0.15) is 31.1 Å². The molecule has 2 heterocycles. The van der Waals surface area contributed by atoms with E-state index < -0.39 is 16.2 Å². The van der Waals surface area contributed by atoms with Crippen molar-refractivity contribution in [3.8, 4) is 0 Å². The van der Waals surface area contributed by atoms with E-state index in [0.717, 1.165) is 0 Å². The number of nitrogens with zero attached hydrogens (tertiary/aromatic N) is 5. The van der Waals surface area contributed by atoms with Gasteiger partial charge in [0.05, 0.1) is 19.3 Å². The van der Waals surface area contributed by atoms with Gasteiger partial charge in [0.25, 0.3) is 10.2 Å². The molecule has 12 heteroatoms. The fraction of sp³-hybridized carbons (Fsp3) is 0.706. The average Bonchev–Trinajstić information content (AvgIpc) is 3.03. The van der Waals surface area contributed by atoms with Gasteiger partial charge in [-0.25, -0.2) is 4.79 Å². The fourth-order valence-electron chi connectivity index (χ4n) is 3.15. The maximum atomic E-state index is 12.6. The minimum atomic E-state index is -3.47. The van der Waals surface area contributed by atoms with Crippen LogP contribution < -0.4 is 5.32 Å². The number of rotatable bonds is 9. The highest BCUT2D eigenvalue weighted by atomic mass is 32.2. The van der Waals surface area contributed by atoms with Gasteiger partial charge in [-0.15, -0.1) is 0 Å². The van der Waals surface area contributed by atoms with Crippen LogP contribution in [0.25, 0.3) is 0 Å². The van der Waals surface area contributed by atoms with Crippen molar-refractivity contribution >= 4 is 27.9 Å². The Labute approximate surface area is 171 Å². The number of anilines is 1. The van der Waals surface area contributed by atoms with Gasteiger partial charge in [0.15, 0.2) is 0 Å². The second-order valence-corrected chi connectivity index (χ2v) is 8.49. The van der Waals surface area contributed by atoms with Crippen molar-refractivity contribution in [2.24, 2.45) is 7.05 Å². The van der Waals surface area contributed by atoms with E-state index in [1.165, 1.54) is 19.5 Å². The van der Waals surface area contributed by atoms with Gasteiger partial charge in [0.2, 0.25) is 5.91 Å². The number of aromatic nitrogens is 2. The van der Waals surface area contributed by atoms with Gasteiger partial charge in [0.1, 0.15) is 11.4 Å². The summed E-state index contributed by atoms with van der Waals surface area (Å²) in [6.07, 6.45) is 1.35. The molecule has 0 unspecified atom stereocenters. The van der Waals surface area contributed by atoms with Crippen molar-refractivity contribution in [3.05, 3.63) is 11.8 Å². The highest BCUT2D eigenvalue weighted by Gasteiger charge is 2.31. The zero-order valence-electron chi connectivity index (χ0n) is 17.4. The topological polar surface area (TPSA) is 117 Å². The number of esters is 1. The van der Waals surface area contributed by atoms with Gasteiger partial charge in [0, 0.05) is 46.3 Å². The van der Waals surface area contributed by atoms with Crippen molar-refractivity contribution in [1.29, 1.82) is 0 Å². The van der Waals surface area contributed by atoms with E-state index in [-0.39, 0.29) is 30.4 Å². The Morgan fingerprint density at radius 1 is 1.17 bits per heavy atom. The first-order valence-corrected chi connectivity index (χ1v) is 11.1. The molecule has 1 aliphatic rings. The van der Waals surface area contributed by atoms with Crippen LogP contribution in [-0.4, -0.2) is 96.0 Å².